The van der Waals surface area contributed by atoms with Crippen molar-refractivity contribution >= 4 is 23.4 Å². The van der Waals surface area contributed by atoms with Gasteiger partial charge in [-0.3, -0.25) is 9.36 Å². The van der Waals surface area contributed by atoms with Crippen LogP contribution in [0.5, 0.6) is 0 Å². The molecule has 1 unspecified atom stereocenters. The standard InChI is InChI=1S/C25H23FN4OS/c1-16-8-7-9-17(2)22(16)27-24(31)18(3)32-25-29-28-23(19-12-14-20(26)15-13-19)30(25)21-10-5-4-6-11-21/h4-15,18H,1-3H3,(H,27,31). The maximum Gasteiger partial charge on any atom is 0.237 e. The van der Waals surface area contributed by atoms with E-state index < -0.39 is 5.25 Å². The van der Waals surface area contributed by atoms with E-state index in [1.165, 1.54) is 23.9 Å². The number of anilines is 1. The van der Waals surface area contributed by atoms with Crippen LogP contribution in [0.1, 0.15) is 18.1 Å². The van der Waals surface area contributed by atoms with Gasteiger partial charge in [0.15, 0.2) is 11.0 Å². The van der Waals surface area contributed by atoms with E-state index >= 15 is 0 Å². The van der Waals surface area contributed by atoms with Gasteiger partial charge < -0.3 is 5.32 Å². The quantitative estimate of drug-likeness (QED) is 0.380. The van der Waals surface area contributed by atoms with Crippen LogP contribution in [-0.4, -0.2) is 25.9 Å². The molecule has 0 aliphatic rings. The Morgan fingerprint density at radius 2 is 1.59 bits per heavy atom. The third-order valence-electron chi connectivity index (χ3n) is 5.13. The van der Waals surface area contributed by atoms with Crippen LogP contribution in [0.2, 0.25) is 0 Å². The Morgan fingerprint density at radius 3 is 2.25 bits per heavy atom. The molecule has 4 rings (SSSR count). The fourth-order valence-corrected chi connectivity index (χ4v) is 4.26. The van der Waals surface area contributed by atoms with Crippen molar-refractivity contribution in [1.29, 1.82) is 0 Å². The lowest BCUT2D eigenvalue weighted by atomic mass is 10.1. The summed E-state index contributed by atoms with van der Waals surface area (Å²) in [7, 11) is 0. The maximum absolute atomic E-state index is 13.4. The maximum atomic E-state index is 13.4. The van der Waals surface area contributed by atoms with E-state index in [1.54, 1.807) is 12.1 Å². The van der Waals surface area contributed by atoms with E-state index in [4.69, 9.17) is 0 Å². The number of aryl methyl sites for hydroxylation is 2. The van der Waals surface area contributed by atoms with Crippen molar-refractivity contribution in [1.82, 2.24) is 14.8 Å². The predicted molar refractivity (Wildman–Crippen MR) is 127 cm³/mol. The summed E-state index contributed by atoms with van der Waals surface area (Å²) in [6.45, 7) is 5.79. The number of halogens is 1. The second-order valence-corrected chi connectivity index (χ2v) is 8.81. The van der Waals surface area contributed by atoms with Crippen LogP contribution < -0.4 is 5.32 Å². The molecule has 32 heavy (non-hydrogen) atoms. The molecular formula is C25H23FN4OS. The number of nitrogens with one attached hydrogen (secondary N) is 1. The minimum Gasteiger partial charge on any atom is -0.325 e. The van der Waals surface area contributed by atoms with Crippen LogP contribution in [0, 0.1) is 19.7 Å². The molecule has 0 saturated heterocycles. The first-order valence-electron chi connectivity index (χ1n) is 10.2. The number of carbonyl (C=O) groups excluding carboxylic acids is 1. The Labute approximate surface area is 190 Å². The molecule has 4 aromatic rings. The zero-order chi connectivity index (χ0) is 22.7. The van der Waals surface area contributed by atoms with E-state index in [-0.39, 0.29) is 11.7 Å². The van der Waals surface area contributed by atoms with Crippen molar-refractivity contribution in [2.24, 2.45) is 0 Å². The Morgan fingerprint density at radius 1 is 0.938 bits per heavy atom. The summed E-state index contributed by atoms with van der Waals surface area (Å²) >= 11 is 1.33. The number of rotatable bonds is 6. The number of carbonyl (C=O) groups is 1. The molecule has 0 fully saturated rings. The Bertz CT molecular complexity index is 1220. The molecule has 3 aromatic carbocycles. The molecule has 1 atom stereocenters. The molecular weight excluding hydrogens is 423 g/mol. The van der Waals surface area contributed by atoms with Gasteiger partial charge in [-0.1, -0.05) is 48.2 Å². The van der Waals surface area contributed by atoms with Crippen molar-refractivity contribution in [2.45, 2.75) is 31.2 Å². The minimum atomic E-state index is -0.415. The van der Waals surface area contributed by atoms with Crippen LogP contribution in [0.25, 0.3) is 17.1 Å². The van der Waals surface area contributed by atoms with Crippen molar-refractivity contribution in [2.75, 3.05) is 5.32 Å². The molecule has 1 amide bonds. The van der Waals surface area contributed by atoms with E-state index in [0.29, 0.717) is 11.0 Å². The highest BCUT2D eigenvalue weighted by Crippen LogP contribution is 2.31. The van der Waals surface area contributed by atoms with Gasteiger partial charge in [0.2, 0.25) is 5.91 Å². The molecule has 1 aromatic heterocycles. The van der Waals surface area contributed by atoms with E-state index in [9.17, 15) is 9.18 Å². The molecule has 162 valence electrons. The molecule has 1 N–H and O–H groups in total. The topological polar surface area (TPSA) is 59.8 Å². The Hall–Kier alpha value is -3.45. The molecule has 7 heteroatoms. The van der Waals surface area contributed by atoms with Gasteiger partial charge in [-0.25, -0.2) is 4.39 Å². The summed E-state index contributed by atoms with van der Waals surface area (Å²) < 4.78 is 15.3. The average molecular weight is 447 g/mol. The number of para-hydroxylation sites is 2. The lowest BCUT2D eigenvalue weighted by molar-refractivity contribution is -0.115. The van der Waals surface area contributed by atoms with Gasteiger partial charge in [-0.15, -0.1) is 10.2 Å². The number of thioether (sulfide) groups is 1. The monoisotopic (exact) mass is 446 g/mol. The van der Waals surface area contributed by atoms with Crippen molar-refractivity contribution in [3.05, 3.63) is 89.7 Å². The second-order valence-electron chi connectivity index (χ2n) is 7.50. The number of aromatic nitrogens is 3. The normalized spacial score (nSPS) is 11.9. The highest BCUT2D eigenvalue weighted by atomic mass is 32.2. The summed E-state index contributed by atoms with van der Waals surface area (Å²) in [5.74, 6) is 0.158. The molecule has 1 heterocycles. The van der Waals surface area contributed by atoms with Crippen LogP contribution in [0.15, 0.2) is 78.0 Å². The van der Waals surface area contributed by atoms with Gasteiger partial charge in [0, 0.05) is 16.9 Å². The van der Waals surface area contributed by atoms with Crippen LogP contribution in [0.3, 0.4) is 0 Å². The number of nitrogens with zero attached hydrogens (tertiary/aromatic N) is 3. The second kappa shape index (κ2) is 9.36. The van der Waals surface area contributed by atoms with Crippen molar-refractivity contribution < 1.29 is 9.18 Å². The molecule has 5 nitrogen and oxygen atoms in total. The lowest BCUT2D eigenvalue weighted by Crippen LogP contribution is -2.23. The lowest BCUT2D eigenvalue weighted by Gasteiger charge is -2.16. The first-order valence-corrected chi connectivity index (χ1v) is 11.1. The average Bonchev–Trinajstić information content (AvgIpc) is 3.20. The van der Waals surface area contributed by atoms with Gasteiger partial charge in [0.05, 0.1) is 5.25 Å². The zero-order valence-corrected chi connectivity index (χ0v) is 18.9. The van der Waals surface area contributed by atoms with E-state index in [0.717, 1.165) is 28.1 Å². The summed E-state index contributed by atoms with van der Waals surface area (Å²) in [5.41, 5.74) is 4.47. The number of amides is 1. The highest BCUT2D eigenvalue weighted by Gasteiger charge is 2.22. The molecule has 0 bridgehead atoms. The number of benzene rings is 3. The molecule has 0 aliphatic heterocycles. The van der Waals surface area contributed by atoms with Gasteiger partial charge in [-0.2, -0.15) is 0 Å². The van der Waals surface area contributed by atoms with Gasteiger partial charge >= 0.3 is 0 Å². The molecule has 0 saturated carbocycles. The summed E-state index contributed by atoms with van der Waals surface area (Å²) in [4.78, 5) is 13.0. The number of hydrogen-bond acceptors (Lipinski definition) is 4. The van der Waals surface area contributed by atoms with Crippen molar-refractivity contribution in [3.63, 3.8) is 0 Å². The van der Waals surface area contributed by atoms with Crippen LogP contribution >= 0.6 is 11.8 Å². The summed E-state index contributed by atoms with van der Waals surface area (Å²) in [6.07, 6.45) is 0. The van der Waals surface area contributed by atoms with Crippen LogP contribution in [0.4, 0.5) is 10.1 Å². The highest BCUT2D eigenvalue weighted by molar-refractivity contribution is 8.00. The largest absolute Gasteiger partial charge is 0.325 e. The predicted octanol–water partition coefficient (Wildman–Crippen LogP) is 5.81. The van der Waals surface area contributed by atoms with Crippen molar-refractivity contribution in [3.8, 4) is 17.1 Å². The molecule has 0 aliphatic carbocycles. The fourth-order valence-electron chi connectivity index (χ4n) is 3.39. The fraction of sp³-hybridized carbons (Fsp3) is 0.160. The van der Waals surface area contributed by atoms with Gasteiger partial charge in [0.25, 0.3) is 0 Å². The third-order valence-corrected chi connectivity index (χ3v) is 6.17. The first-order chi connectivity index (χ1) is 15.4. The Balaban J connectivity index is 1.65. The third kappa shape index (κ3) is 4.57. The smallest absolute Gasteiger partial charge is 0.237 e. The molecule has 0 spiro atoms. The minimum absolute atomic E-state index is 0.113. The Kier molecular flexibility index (Phi) is 6.37. The van der Waals surface area contributed by atoms with E-state index in [1.807, 2.05) is 73.9 Å². The zero-order valence-electron chi connectivity index (χ0n) is 18.0. The summed E-state index contributed by atoms with van der Waals surface area (Å²) in [6, 6.07) is 21.7. The SMILES string of the molecule is Cc1cccc(C)c1NC(=O)C(C)Sc1nnc(-c2ccc(F)cc2)n1-c1ccccc1. The first kappa shape index (κ1) is 21.8. The van der Waals surface area contributed by atoms with E-state index in [2.05, 4.69) is 15.5 Å². The van der Waals surface area contributed by atoms with Gasteiger partial charge in [0.1, 0.15) is 5.82 Å². The number of hydrogen-bond donors (Lipinski definition) is 1. The van der Waals surface area contributed by atoms with Crippen LogP contribution in [-0.2, 0) is 4.79 Å². The molecule has 0 radical (unpaired) electrons. The summed E-state index contributed by atoms with van der Waals surface area (Å²) in [5, 5.41) is 11.9. The van der Waals surface area contributed by atoms with Gasteiger partial charge in [-0.05, 0) is 68.3 Å².